The number of ether oxygens (including phenoxy) is 1. The second-order valence-electron chi connectivity index (χ2n) is 3.12. The van der Waals surface area contributed by atoms with Crippen molar-refractivity contribution in [2.45, 2.75) is 6.54 Å². The van der Waals surface area contributed by atoms with Crippen LogP contribution in [0.2, 0.25) is 0 Å². The van der Waals surface area contributed by atoms with Crippen molar-refractivity contribution in [2.24, 2.45) is 5.73 Å². The molecule has 1 aromatic rings. The monoisotopic (exact) mass is 195 g/mol. The largest absolute Gasteiger partial charge is 0.383 e. The number of rotatable bonds is 5. The minimum Gasteiger partial charge on any atom is -0.383 e. The summed E-state index contributed by atoms with van der Waals surface area (Å²) in [5.74, 6) is 0. The molecule has 1 rings (SSSR count). The lowest BCUT2D eigenvalue weighted by Gasteiger charge is -2.21. The van der Waals surface area contributed by atoms with Gasteiger partial charge in [-0.25, -0.2) is 0 Å². The molecule has 0 atom stereocenters. The molecule has 0 spiro atoms. The zero-order valence-electron chi connectivity index (χ0n) is 8.73. The Morgan fingerprint density at radius 1 is 1.57 bits per heavy atom. The molecule has 0 amide bonds. The van der Waals surface area contributed by atoms with Gasteiger partial charge < -0.3 is 15.4 Å². The van der Waals surface area contributed by atoms with E-state index in [2.05, 4.69) is 9.88 Å². The Morgan fingerprint density at radius 2 is 2.36 bits per heavy atom. The van der Waals surface area contributed by atoms with Crippen LogP contribution >= 0.6 is 0 Å². The summed E-state index contributed by atoms with van der Waals surface area (Å²) in [5, 5.41) is 0. The number of likely N-dealkylation sites (N-methyl/N-ethyl adjacent to an activating group) is 1. The Balaban J connectivity index is 2.72. The van der Waals surface area contributed by atoms with E-state index in [-0.39, 0.29) is 0 Å². The minimum absolute atomic E-state index is 0.514. The van der Waals surface area contributed by atoms with E-state index in [0.29, 0.717) is 13.2 Å². The standard InChI is InChI=1S/C10H17N3O/c1-13(5-6-14-2)10-3-4-12-8-9(10)7-11/h3-4,8H,5-7,11H2,1-2H3. The molecule has 4 nitrogen and oxygen atoms in total. The fourth-order valence-electron chi connectivity index (χ4n) is 1.30. The van der Waals surface area contributed by atoms with Crippen LogP contribution in [0.4, 0.5) is 5.69 Å². The zero-order valence-corrected chi connectivity index (χ0v) is 8.73. The minimum atomic E-state index is 0.514. The summed E-state index contributed by atoms with van der Waals surface area (Å²) in [5.41, 5.74) is 7.80. The number of nitrogens with zero attached hydrogens (tertiary/aromatic N) is 2. The molecule has 14 heavy (non-hydrogen) atoms. The highest BCUT2D eigenvalue weighted by Crippen LogP contribution is 2.16. The Labute approximate surface area is 84.7 Å². The number of pyridine rings is 1. The van der Waals surface area contributed by atoms with E-state index in [1.165, 1.54) is 0 Å². The van der Waals surface area contributed by atoms with Crippen molar-refractivity contribution in [1.29, 1.82) is 0 Å². The first kappa shape index (κ1) is 10.9. The molecule has 0 aliphatic rings. The normalized spacial score (nSPS) is 10.2. The van der Waals surface area contributed by atoms with Crippen LogP contribution < -0.4 is 10.6 Å². The maximum absolute atomic E-state index is 5.62. The predicted molar refractivity (Wildman–Crippen MR) is 57.3 cm³/mol. The lowest BCUT2D eigenvalue weighted by molar-refractivity contribution is 0.206. The molecule has 0 saturated carbocycles. The predicted octanol–water partition coefficient (Wildman–Crippen LogP) is 0.623. The third-order valence-electron chi connectivity index (χ3n) is 2.14. The van der Waals surface area contributed by atoms with E-state index < -0.39 is 0 Å². The van der Waals surface area contributed by atoms with Crippen molar-refractivity contribution >= 4 is 5.69 Å². The first-order valence-electron chi connectivity index (χ1n) is 4.62. The van der Waals surface area contributed by atoms with Gasteiger partial charge in [0.05, 0.1) is 6.61 Å². The van der Waals surface area contributed by atoms with Crippen LogP contribution in [0, 0.1) is 0 Å². The van der Waals surface area contributed by atoms with Gasteiger partial charge in [0.15, 0.2) is 0 Å². The molecule has 0 aliphatic carbocycles. The molecule has 2 N–H and O–H groups in total. The van der Waals surface area contributed by atoms with Gasteiger partial charge in [0.1, 0.15) is 0 Å². The van der Waals surface area contributed by atoms with Gasteiger partial charge in [-0.1, -0.05) is 0 Å². The number of hydrogen-bond donors (Lipinski definition) is 1. The maximum Gasteiger partial charge on any atom is 0.0637 e. The Hall–Kier alpha value is -1.13. The van der Waals surface area contributed by atoms with Gasteiger partial charge >= 0.3 is 0 Å². The summed E-state index contributed by atoms with van der Waals surface area (Å²) in [6, 6.07) is 1.97. The molecule has 1 aromatic heterocycles. The van der Waals surface area contributed by atoms with E-state index >= 15 is 0 Å². The highest BCUT2D eigenvalue weighted by molar-refractivity contribution is 5.51. The number of aromatic nitrogens is 1. The van der Waals surface area contributed by atoms with Gasteiger partial charge in [-0.15, -0.1) is 0 Å². The Morgan fingerprint density at radius 3 is 3.00 bits per heavy atom. The van der Waals surface area contributed by atoms with Crippen molar-refractivity contribution < 1.29 is 4.74 Å². The molecule has 0 radical (unpaired) electrons. The van der Waals surface area contributed by atoms with Crippen molar-refractivity contribution in [3.05, 3.63) is 24.0 Å². The third-order valence-corrected chi connectivity index (χ3v) is 2.14. The molecule has 0 aromatic carbocycles. The topological polar surface area (TPSA) is 51.4 Å². The second kappa shape index (κ2) is 5.57. The first-order chi connectivity index (χ1) is 6.79. The van der Waals surface area contributed by atoms with Crippen molar-refractivity contribution in [3.63, 3.8) is 0 Å². The fraction of sp³-hybridized carbons (Fsp3) is 0.500. The number of hydrogen-bond acceptors (Lipinski definition) is 4. The van der Waals surface area contributed by atoms with E-state index in [4.69, 9.17) is 10.5 Å². The van der Waals surface area contributed by atoms with E-state index in [1.807, 2.05) is 13.1 Å². The van der Waals surface area contributed by atoms with Crippen molar-refractivity contribution in [2.75, 3.05) is 32.2 Å². The third kappa shape index (κ3) is 2.68. The van der Waals surface area contributed by atoms with Gasteiger partial charge in [-0.05, 0) is 6.07 Å². The number of methoxy groups -OCH3 is 1. The van der Waals surface area contributed by atoms with Gasteiger partial charge in [0.2, 0.25) is 0 Å². The maximum atomic E-state index is 5.62. The molecule has 0 fully saturated rings. The molecule has 0 saturated heterocycles. The van der Waals surface area contributed by atoms with Crippen molar-refractivity contribution in [3.8, 4) is 0 Å². The molecular formula is C10H17N3O. The lowest BCUT2D eigenvalue weighted by Crippen LogP contribution is -2.23. The molecule has 0 unspecified atom stereocenters. The highest BCUT2D eigenvalue weighted by Gasteiger charge is 2.04. The SMILES string of the molecule is COCCN(C)c1ccncc1CN. The molecule has 0 bridgehead atoms. The molecule has 0 aliphatic heterocycles. The van der Waals surface area contributed by atoms with Gasteiger partial charge in [0.25, 0.3) is 0 Å². The fourth-order valence-corrected chi connectivity index (χ4v) is 1.30. The summed E-state index contributed by atoms with van der Waals surface area (Å²) in [7, 11) is 3.72. The van der Waals surface area contributed by atoms with Crippen LogP contribution in [-0.4, -0.2) is 32.3 Å². The highest BCUT2D eigenvalue weighted by atomic mass is 16.5. The molecular weight excluding hydrogens is 178 g/mol. The molecule has 1 heterocycles. The van der Waals surface area contributed by atoms with E-state index in [1.54, 1.807) is 19.5 Å². The smallest absolute Gasteiger partial charge is 0.0637 e. The van der Waals surface area contributed by atoms with Crippen LogP contribution in [0.15, 0.2) is 18.5 Å². The summed E-state index contributed by atoms with van der Waals surface area (Å²) < 4.78 is 5.02. The van der Waals surface area contributed by atoms with Crippen molar-refractivity contribution in [1.82, 2.24) is 4.98 Å². The van der Waals surface area contributed by atoms with E-state index in [9.17, 15) is 0 Å². The second-order valence-corrected chi connectivity index (χ2v) is 3.12. The summed E-state index contributed by atoms with van der Waals surface area (Å²) in [4.78, 5) is 6.16. The average molecular weight is 195 g/mol. The summed E-state index contributed by atoms with van der Waals surface area (Å²) in [6.45, 7) is 2.08. The Kier molecular flexibility index (Phi) is 4.35. The first-order valence-corrected chi connectivity index (χ1v) is 4.62. The lowest BCUT2D eigenvalue weighted by atomic mass is 10.2. The summed E-state index contributed by atoms with van der Waals surface area (Å²) >= 11 is 0. The summed E-state index contributed by atoms with van der Waals surface area (Å²) in [6.07, 6.45) is 3.58. The van der Waals surface area contributed by atoms with E-state index in [0.717, 1.165) is 17.8 Å². The molecule has 4 heteroatoms. The van der Waals surface area contributed by atoms with Gasteiger partial charge in [-0.2, -0.15) is 0 Å². The zero-order chi connectivity index (χ0) is 10.4. The average Bonchev–Trinajstić information content (AvgIpc) is 2.25. The van der Waals surface area contributed by atoms with Gasteiger partial charge in [-0.3, -0.25) is 4.98 Å². The van der Waals surface area contributed by atoms with Gasteiger partial charge in [0, 0.05) is 50.9 Å². The van der Waals surface area contributed by atoms with Crippen LogP contribution in [0.25, 0.3) is 0 Å². The van der Waals surface area contributed by atoms with Crippen LogP contribution in [-0.2, 0) is 11.3 Å². The Bertz CT molecular complexity index is 278. The van der Waals surface area contributed by atoms with Crippen LogP contribution in [0.1, 0.15) is 5.56 Å². The molecule has 78 valence electrons. The quantitative estimate of drug-likeness (QED) is 0.748. The number of anilines is 1. The van der Waals surface area contributed by atoms with Crippen LogP contribution in [0.3, 0.4) is 0 Å². The number of nitrogens with two attached hydrogens (primary N) is 1. The van der Waals surface area contributed by atoms with Crippen LogP contribution in [0.5, 0.6) is 0 Å².